The number of benzene rings is 2. The summed E-state index contributed by atoms with van der Waals surface area (Å²) in [5.41, 5.74) is 5.30. The SMILES string of the molecule is Cc1c(CCC(=O)OC(C)(C)C)cccc1NC(=O)[C@@H](c1ccc(-c2cncc(Cl)c2)cc1)C1CCCC1. The second kappa shape index (κ2) is 12.1. The highest BCUT2D eigenvalue weighted by molar-refractivity contribution is 6.30. The van der Waals surface area contributed by atoms with Crippen LogP contribution in [0.25, 0.3) is 11.1 Å². The number of anilines is 1. The molecule has 1 amide bonds. The molecule has 1 aliphatic rings. The molecule has 1 atom stereocenters. The molecule has 1 aromatic heterocycles. The molecule has 5 nitrogen and oxygen atoms in total. The van der Waals surface area contributed by atoms with Crippen molar-refractivity contribution in [1.82, 2.24) is 4.98 Å². The predicted octanol–water partition coefficient (Wildman–Crippen LogP) is 7.90. The van der Waals surface area contributed by atoms with E-state index in [0.29, 0.717) is 23.8 Å². The maximum Gasteiger partial charge on any atom is 0.306 e. The number of ether oxygens (including phenoxy) is 1. The molecule has 0 bridgehead atoms. The van der Waals surface area contributed by atoms with Gasteiger partial charge in [0.2, 0.25) is 5.91 Å². The molecule has 2 aromatic carbocycles. The third-order valence-corrected chi connectivity index (χ3v) is 7.39. The van der Waals surface area contributed by atoms with Gasteiger partial charge in [0, 0.05) is 30.1 Å². The quantitative estimate of drug-likeness (QED) is 0.299. The highest BCUT2D eigenvalue weighted by atomic mass is 35.5. The molecule has 0 spiro atoms. The van der Waals surface area contributed by atoms with Crippen molar-refractivity contribution in [2.75, 3.05) is 5.32 Å². The number of hydrogen-bond acceptors (Lipinski definition) is 4. The second-order valence-corrected chi connectivity index (χ2v) is 11.6. The van der Waals surface area contributed by atoms with Crippen molar-refractivity contribution in [1.29, 1.82) is 0 Å². The van der Waals surface area contributed by atoms with Gasteiger partial charge in [-0.2, -0.15) is 0 Å². The zero-order chi connectivity index (χ0) is 27.3. The number of amides is 1. The first-order valence-corrected chi connectivity index (χ1v) is 13.8. The van der Waals surface area contributed by atoms with Crippen molar-refractivity contribution in [3.63, 3.8) is 0 Å². The Hall–Kier alpha value is -3.18. The molecule has 0 radical (unpaired) electrons. The Balaban J connectivity index is 1.51. The summed E-state index contributed by atoms with van der Waals surface area (Å²) in [5.74, 6) is -0.121. The van der Waals surface area contributed by atoms with Crippen molar-refractivity contribution in [3.8, 4) is 11.1 Å². The molecule has 6 heteroatoms. The van der Waals surface area contributed by atoms with Crippen LogP contribution in [-0.4, -0.2) is 22.5 Å². The van der Waals surface area contributed by atoms with Crippen molar-refractivity contribution < 1.29 is 14.3 Å². The number of hydrogen-bond donors (Lipinski definition) is 1. The molecule has 200 valence electrons. The lowest BCUT2D eigenvalue weighted by Gasteiger charge is -2.24. The third-order valence-electron chi connectivity index (χ3n) is 7.18. The minimum atomic E-state index is -0.500. The Bertz CT molecular complexity index is 1270. The topological polar surface area (TPSA) is 68.3 Å². The molecule has 0 unspecified atom stereocenters. The molecule has 0 saturated heterocycles. The molecule has 3 aromatic rings. The molecule has 0 aliphatic heterocycles. The number of aromatic nitrogens is 1. The average Bonchev–Trinajstić information content (AvgIpc) is 3.38. The largest absolute Gasteiger partial charge is 0.460 e. The van der Waals surface area contributed by atoms with Gasteiger partial charge in [0.25, 0.3) is 0 Å². The van der Waals surface area contributed by atoms with Crippen molar-refractivity contribution in [2.45, 2.75) is 77.7 Å². The summed E-state index contributed by atoms with van der Waals surface area (Å²) >= 11 is 6.13. The Kier molecular flexibility index (Phi) is 8.88. The Morgan fingerprint density at radius 1 is 1.05 bits per heavy atom. The lowest BCUT2D eigenvalue weighted by Crippen LogP contribution is -2.27. The maximum atomic E-state index is 13.8. The molecule has 1 fully saturated rings. The first-order chi connectivity index (χ1) is 18.1. The first-order valence-electron chi connectivity index (χ1n) is 13.4. The zero-order valence-corrected chi connectivity index (χ0v) is 23.5. The number of rotatable bonds is 8. The van der Waals surface area contributed by atoms with Crippen LogP contribution in [0.2, 0.25) is 5.02 Å². The monoisotopic (exact) mass is 532 g/mol. The van der Waals surface area contributed by atoms with Crippen molar-refractivity contribution >= 4 is 29.2 Å². The number of nitrogens with one attached hydrogen (secondary N) is 1. The van der Waals surface area contributed by atoms with Gasteiger partial charge in [-0.1, -0.05) is 60.8 Å². The van der Waals surface area contributed by atoms with Gasteiger partial charge in [0.05, 0.1) is 10.9 Å². The summed E-state index contributed by atoms with van der Waals surface area (Å²) in [6.07, 6.45) is 8.68. The van der Waals surface area contributed by atoms with Crippen LogP contribution in [0.1, 0.15) is 75.5 Å². The summed E-state index contributed by atoms with van der Waals surface area (Å²) in [6, 6.07) is 16.0. The van der Waals surface area contributed by atoms with Gasteiger partial charge in [-0.3, -0.25) is 14.6 Å². The number of carbonyl (C=O) groups excluding carboxylic acids is 2. The van der Waals surface area contributed by atoms with E-state index >= 15 is 0 Å². The van der Waals surface area contributed by atoms with E-state index in [4.69, 9.17) is 16.3 Å². The molecule has 1 saturated carbocycles. The Labute approximate surface area is 231 Å². The van der Waals surface area contributed by atoms with Gasteiger partial charge in [0.15, 0.2) is 0 Å². The second-order valence-electron chi connectivity index (χ2n) is 11.2. The standard InChI is InChI=1S/C32H37ClN2O3/c1-21-22(16-17-29(36)38-32(2,3)4)10-7-11-28(21)35-31(37)30(24-8-5-6-9-24)25-14-12-23(13-15-25)26-18-27(33)20-34-19-26/h7,10-15,18-20,24,30H,5-6,8-9,16-17H2,1-4H3,(H,35,37)/t30-/m1/s1. The summed E-state index contributed by atoms with van der Waals surface area (Å²) in [5, 5.41) is 3.82. The highest BCUT2D eigenvalue weighted by Gasteiger charge is 2.32. The van der Waals surface area contributed by atoms with Crippen LogP contribution in [-0.2, 0) is 20.7 Å². The smallest absolute Gasteiger partial charge is 0.306 e. The van der Waals surface area contributed by atoms with E-state index < -0.39 is 5.60 Å². The minimum absolute atomic E-state index is 0.0152. The number of pyridine rings is 1. The lowest BCUT2D eigenvalue weighted by molar-refractivity contribution is -0.154. The summed E-state index contributed by atoms with van der Waals surface area (Å²) in [7, 11) is 0. The van der Waals surface area contributed by atoms with E-state index in [2.05, 4.69) is 22.4 Å². The fourth-order valence-corrected chi connectivity index (χ4v) is 5.48. The van der Waals surface area contributed by atoms with Crippen LogP contribution in [0, 0.1) is 12.8 Å². The maximum absolute atomic E-state index is 13.8. The van der Waals surface area contributed by atoms with Crippen molar-refractivity contribution in [3.05, 3.63) is 82.6 Å². The molecular formula is C32H37ClN2O3. The van der Waals surface area contributed by atoms with Crippen LogP contribution in [0.5, 0.6) is 0 Å². The number of esters is 1. The van der Waals surface area contributed by atoms with E-state index in [0.717, 1.165) is 59.2 Å². The van der Waals surface area contributed by atoms with Gasteiger partial charge < -0.3 is 10.1 Å². The highest BCUT2D eigenvalue weighted by Crippen LogP contribution is 2.39. The van der Waals surface area contributed by atoms with Crippen molar-refractivity contribution in [2.24, 2.45) is 5.92 Å². The molecule has 1 N–H and O–H groups in total. The Morgan fingerprint density at radius 2 is 1.76 bits per heavy atom. The zero-order valence-electron chi connectivity index (χ0n) is 22.7. The van der Waals surface area contributed by atoms with Gasteiger partial charge in [-0.15, -0.1) is 0 Å². The van der Waals surface area contributed by atoms with E-state index in [-0.39, 0.29) is 17.8 Å². The first kappa shape index (κ1) is 27.8. The molecular weight excluding hydrogens is 496 g/mol. The Morgan fingerprint density at radius 3 is 2.42 bits per heavy atom. The minimum Gasteiger partial charge on any atom is -0.460 e. The fraction of sp³-hybridized carbons (Fsp3) is 0.406. The fourth-order valence-electron chi connectivity index (χ4n) is 5.31. The average molecular weight is 533 g/mol. The number of nitrogens with zero attached hydrogens (tertiary/aromatic N) is 1. The number of aryl methyl sites for hydroxylation is 1. The van der Waals surface area contributed by atoms with Gasteiger partial charge in [-0.05, 0) is 87.3 Å². The number of halogens is 1. The van der Waals surface area contributed by atoms with Gasteiger partial charge in [0.1, 0.15) is 5.60 Å². The van der Waals surface area contributed by atoms with E-state index in [9.17, 15) is 9.59 Å². The number of carbonyl (C=O) groups is 2. The molecule has 38 heavy (non-hydrogen) atoms. The summed E-state index contributed by atoms with van der Waals surface area (Å²) in [6.45, 7) is 7.61. The van der Waals surface area contributed by atoms with E-state index in [1.165, 1.54) is 0 Å². The van der Waals surface area contributed by atoms with Crippen LogP contribution in [0.3, 0.4) is 0 Å². The van der Waals surface area contributed by atoms with Crippen LogP contribution in [0.15, 0.2) is 60.9 Å². The lowest BCUT2D eigenvalue weighted by atomic mass is 9.83. The van der Waals surface area contributed by atoms with E-state index in [1.807, 2.05) is 64.1 Å². The molecule has 4 rings (SSSR count). The van der Waals surface area contributed by atoms with Gasteiger partial charge in [-0.25, -0.2) is 0 Å². The van der Waals surface area contributed by atoms with Gasteiger partial charge >= 0.3 is 5.97 Å². The molecule has 1 aliphatic carbocycles. The summed E-state index contributed by atoms with van der Waals surface area (Å²) < 4.78 is 5.46. The van der Waals surface area contributed by atoms with E-state index in [1.54, 1.807) is 12.4 Å². The molecule has 1 heterocycles. The normalized spacial score (nSPS) is 14.8. The summed E-state index contributed by atoms with van der Waals surface area (Å²) in [4.78, 5) is 30.2. The van der Waals surface area contributed by atoms with Crippen LogP contribution < -0.4 is 5.32 Å². The van der Waals surface area contributed by atoms with Crippen LogP contribution >= 0.6 is 11.6 Å². The van der Waals surface area contributed by atoms with Crippen LogP contribution in [0.4, 0.5) is 5.69 Å². The predicted molar refractivity (Wildman–Crippen MR) is 153 cm³/mol. The third kappa shape index (κ3) is 7.22.